The number of nitrogens with zero attached hydrogens (tertiary/aromatic N) is 2. The van der Waals surface area contributed by atoms with Crippen LogP contribution >= 0.6 is 11.3 Å². The fraction of sp³-hybridized carbons (Fsp3) is 0.688. The predicted molar refractivity (Wildman–Crippen MR) is 88.6 cm³/mol. The number of hydrogen-bond acceptors (Lipinski definition) is 4. The number of carbonyl (C=O) groups is 1. The van der Waals surface area contributed by atoms with E-state index in [-0.39, 0.29) is 11.9 Å². The molecule has 1 N–H and O–H groups in total. The van der Waals surface area contributed by atoms with Gasteiger partial charge in [0.05, 0.1) is 6.04 Å². The molecule has 1 fully saturated rings. The van der Waals surface area contributed by atoms with E-state index in [4.69, 9.17) is 0 Å². The Bertz CT molecular complexity index is 427. The lowest BCUT2D eigenvalue weighted by molar-refractivity contribution is -0.122. The third-order valence-corrected chi connectivity index (χ3v) is 5.05. The highest BCUT2D eigenvalue weighted by Crippen LogP contribution is 2.29. The maximum Gasteiger partial charge on any atom is 0.220 e. The average molecular weight is 309 g/mol. The van der Waals surface area contributed by atoms with Crippen LogP contribution in [0.2, 0.25) is 0 Å². The second-order valence-electron chi connectivity index (χ2n) is 5.91. The molecule has 2 heterocycles. The van der Waals surface area contributed by atoms with E-state index >= 15 is 0 Å². The molecule has 2 rings (SSSR count). The Morgan fingerprint density at radius 1 is 1.38 bits per heavy atom. The summed E-state index contributed by atoms with van der Waals surface area (Å²) in [5.41, 5.74) is 0. The van der Waals surface area contributed by atoms with Gasteiger partial charge in [-0.2, -0.15) is 0 Å². The number of thiophene rings is 1. The first-order chi connectivity index (χ1) is 10.1. The normalized spacial score (nSPS) is 20.1. The lowest BCUT2D eigenvalue weighted by Gasteiger charge is -2.40. The van der Waals surface area contributed by atoms with Gasteiger partial charge in [0.2, 0.25) is 5.91 Å². The molecule has 118 valence electrons. The van der Waals surface area contributed by atoms with Gasteiger partial charge >= 0.3 is 0 Å². The van der Waals surface area contributed by atoms with Gasteiger partial charge in [-0.05, 0) is 31.8 Å². The van der Waals surface area contributed by atoms with Crippen LogP contribution < -0.4 is 5.32 Å². The molecule has 0 spiro atoms. The Morgan fingerprint density at radius 3 is 2.67 bits per heavy atom. The first-order valence-corrected chi connectivity index (χ1v) is 8.75. The third-order valence-electron chi connectivity index (χ3n) is 4.11. The summed E-state index contributed by atoms with van der Waals surface area (Å²) in [6, 6.07) is 4.73. The monoisotopic (exact) mass is 309 g/mol. The minimum atomic E-state index is 0.145. The Labute approximate surface area is 132 Å². The number of amides is 1. The maximum absolute atomic E-state index is 11.9. The van der Waals surface area contributed by atoms with Crippen LogP contribution in [0.5, 0.6) is 0 Å². The summed E-state index contributed by atoms with van der Waals surface area (Å²) in [6.45, 7) is 8.49. The molecule has 1 amide bonds. The molecule has 0 saturated carbocycles. The summed E-state index contributed by atoms with van der Waals surface area (Å²) >= 11 is 1.79. The number of hydrogen-bond donors (Lipinski definition) is 1. The summed E-state index contributed by atoms with van der Waals surface area (Å²) in [5.74, 6) is 0.167. The molecule has 0 aliphatic carbocycles. The largest absolute Gasteiger partial charge is 0.352 e. The summed E-state index contributed by atoms with van der Waals surface area (Å²) in [5, 5.41) is 5.31. The third kappa shape index (κ3) is 4.53. The zero-order valence-corrected chi connectivity index (χ0v) is 14.2. The topological polar surface area (TPSA) is 35.6 Å². The summed E-state index contributed by atoms with van der Waals surface area (Å²) in [4.78, 5) is 18.2. The van der Waals surface area contributed by atoms with Gasteiger partial charge in [0.25, 0.3) is 0 Å². The van der Waals surface area contributed by atoms with Gasteiger partial charge in [-0.3, -0.25) is 9.69 Å². The van der Waals surface area contributed by atoms with Crippen molar-refractivity contribution < 1.29 is 4.79 Å². The second kappa shape index (κ2) is 7.92. The zero-order chi connectivity index (χ0) is 15.2. The number of nitrogens with one attached hydrogen (secondary N) is 1. The van der Waals surface area contributed by atoms with Crippen molar-refractivity contribution in [2.45, 2.75) is 38.8 Å². The average Bonchev–Trinajstić information content (AvgIpc) is 2.95. The molecule has 2 atom stereocenters. The van der Waals surface area contributed by atoms with Crippen molar-refractivity contribution in [2.24, 2.45) is 0 Å². The van der Waals surface area contributed by atoms with Crippen molar-refractivity contribution in [1.82, 2.24) is 15.1 Å². The Kier molecular flexibility index (Phi) is 6.21. The van der Waals surface area contributed by atoms with Gasteiger partial charge in [-0.25, -0.2) is 0 Å². The molecular formula is C16H27N3OS. The molecule has 0 unspecified atom stereocenters. The van der Waals surface area contributed by atoms with Crippen LogP contribution in [0.3, 0.4) is 0 Å². The van der Waals surface area contributed by atoms with Crippen molar-refractivity contribution in [2.75, 3.05) is 33.2 Å². The summed E-state index contributed by atoms with van der Waals surface area (Å²) in [7, 11) is 2.17. The molecular weight excluding hydrogens is 282 g/mol. The van der Waals surface area contributed by atoms with Crippen LogP contribution in [0.1, 0.15) is 37.6 Å². The summed E-state index contributed by atoms with van der Waals surface area (Å²) < 4.78 is 0. The summed E-state index contributed by atoms with van der Waals surface area (Å²) in [6.07, 6.45) is 1.51. The van der Waals surface area contributed by atoms with Crippen LogP contribution in [-0.2, 0) is 4.79 Å². The van der Waals surface area contributed by atoms with E-state index in [0.717, 1.165) is 32.6 Å². The highest BCUT2D eigenvalue weighted by atomic mass is 32.1. The molecule has 0 aromatic carbocycles. The van der Waals surface area contributed by atoms with Crippen LogP contribution in [0.25, 0.3) is 0 Å². The van der Waals surface area contributed by atoms with E-state index in [1.54, 1.807) is 11.3 Å². The van der Waals surface area contributed by atoms with E-state index < -0.39 is 0 Å². The van der Waals surface area contributed by atoms with Crippen LogP contribution in [-0.4, -0.2) is 55.0 Å². The number of likely N-dealkylation sites (N-methyl/N-ethyl adjacent to an activating group) is 1. The lowest BCUT2D eigenvalue weighted by Crippen LogP contribution is -2.51. The predicted octanol–water partition coefficient (Wildman–Crippen LogP) is 2.34. The van der Waals surface area contributed by atoms with E-state index in [2.05, 4.69) is 46.6 Å². The van der Waals surface area contributed by atoms with Gasteiger partial charge in [-0.1, -0.05) is 13.0 Å². The van der Waals surface area contributed by atoms with Crippen molar-refractivity contribution >= 4 is 17.2 Å². The van der Waals surface area contributed by atoms with Crippen molar-refractivity contribution in [3.63, 3.8) is 0 Å². The van der Waals surface area contributed by atoms with Gasteiger partial charge in [0.15, 0.2) is 0 Å². The van der Waals surface area contributed by atoms with E-state index in [9.17, 15) is 4.79 Å². The molecule has 0 bridgehead atoms. The molecule has 4 nitrogen and oxygen atoms in total. The van der Waals surface area contributed by atoms with Crippen LogP contribution in [0.4, 0.5) is 0 Å². The zero-order valence-electron chi connectivity index (χ0n) is 13.3. The van der Waals surface area contributed by atoms with E-state index in [1.165, 1.54) is 4.88 Å². The molecule has 1 saturated heterocycles. The molecule has 5 heteroatoms. The number of carbonyl (C=O) groups excluding carboxylic acids is 1. The Balaban J connectivity index is 2.07. The maximum atomic E-state index is 11.9. The minimum Gasteiger partial charge on any atom is -0.352 e. The molecule has 1 aliphatic heterocycles. The van der Waals surface area contributed by atoms with Gasteiger partial charge in [0, 0.05) is 43.5 Å². The quantitative estimate of drug-likeness (QED) is 0.876. The SMILES string of the molecule is CCCC(=O)N[C@@H](C)[C@@H](c1cccs1)N1CCN(C)CC1. The number of rotatable bonds is 6. The van der Waals surface area contributed by atoms with Gasteiger partial charge in [0.1, 0.15) is 0 Å². The first kappa shape index (κ1) is 16.5. The van der Waals surface area contributed by atoms with Gasteiger partial charge in [-0.15, -0.1) is 11.3 Å². The lowest BCUT2D eigenvalue weighted by atomic mass is 10.0. The van der Waals surface area contributed by atoms with Crippen molar-refractivity contribution in [3.8, 4) is 0 Å². The molecule has 1 aromatic rings. The van der Waals surface area contributed by atoms with E-state index in [1.807, 2.05) is 6.92 Å². The minimum absolute atomic E-state index is 0.145. The Hall–Kier alpha value is -0.910. The molecule has 1 aliphatic rings. The fourth-order valence-electron chi connectivity index (χ4n) is 2.93. The first-order valence-electron chi connectivity index (χ1n) is 7.87. The fourth-order valence-corrected chi connectivity index (χ4v) is 3.90. The Morgan fingerprint density at radius 2 is 2.10 bits per heavy atom. The highest BCUT2D eigenvalue weighted by Gasteiger charge is 2.29. The highest BCUT2D eigenvalue weighted by molar-refractivity contribution is 7.10. The second-order valence-corrected chi connectivity index (χ2v) is 6.88. The molecule has 21 heavy (non-hydrogen) atoms. The molecule has 1 aromatic heterocycles. The molecule has 0 radical (unpaired) electrons. The standard InChI is InChI=1S/C16H27N3OS/c1-4-6-15(20)17-13(2)16(14-7-5-12-21-14)19-10-8-18(3)9-11-19/h5,7,12-13,16H,4,6,8-11H2,1-3H3,(H,17,20)/t13-,16-/m0/s1. The van der Waals surface area contributed by atoms with Crippen molar-refractivity contribution in [1.29, 1.82) is 0 Å². The van der Waals surface area contributed by atoms with Crippen molar-refractivity contribution in [3.05, 3.63) is 22.4 Å². The van der Waals surface area contributed by atoms with Crippen LogP contribution in [0.15, 0.2) is 17.5 Å². The number of piperazine rings is 1. The van der Waals surface area contributed by atoms with Crippen LogP contribution in [0, 0.1) is 0 Å². The van der Waals surface area contributed by atoms with Gasteiger partial charge < -0.3 is 10.2 Å². The van der Waals surface area contributed by atoms with E-state index in [0.29, 0.717) is 12.5 Å². The smallest absolute Gasteiger partial charge is 0.220 e.